The van der Waals surface area contributed by atoms with Gasteiger partial charge in [-0.05, 0) is 38.5 Å². The number of phenolic OH excluding ortho intramolecular Hbond substituents is 1. The van der Waals surface area contributed by atoms with Crippen molar-refractivity contribution in [3.63, 3.8) is 0 Å². The fourth-order valence-electron chi connectivity index (χ4n) is 1.58. The Morgan fingerprint density at radius 1 is 1.38 bits per heavy atom. The van der Waals surface area contributed by atoms with Crippen LogP contribution in [0.25, 0.3) is 0 Å². The Morgan fingerprint density at radius 2 is 2.00 bits per heavy atom. The van der Waals surface area contributed by atoms with Crippen LogP contribution in [0.15, 0.2) is 18.2 Å². The van der Waals surface area contributed by atoms with Crippen molar-refractivity contribution in [2.45, 2.75) is 38.6 Å². The van der Waals surface area contributed by atoms with E-state index in [4.69, 9.17) is 10.5 Å². The number of nitrogens with one attached hydrogen (secondary N) is 1. The molecule has 0 aliphatic carbocycles. The molecule has 0 fully saturated rings. The number of phenols is 1. The fourth-order valence-corrected chi connectivity index (χ4v) is 1.58. The van der Waals surface area contributed by atoms with Gasteiger partial charge in [0.2, 0.25) is 0 Å². The van der Waals surface area contributed by atoms with Crippen molar-refractivity contribution < 1.29 is 24.9 Å². The van der Waals surface area contributed by atoms with Crippen molar-refractivity contribution in [2.75, 3.05) is 12.3 Å². The maximum Gasteiger partial charge on any atom is 0.407 e. The summed E-state index contributed by atoms with van der Waals surface area (Å²) < 4.78 is 5.01. The summed E-state index contributed by atoms with van der Waals surface area (Å²) in [6.45, 7) is 4.96. The number of ether oxygens (including phenoxy) is 1. The van der Waals surface area contributed by atoms with Crippen LogP contribution < -0.4 is 11.1 Å². The highest BCUT2D eigenvalue weighted by molar-refractivity contribution is 5.67. The maximum absolute atomic E-state index is 11.4. The topological polar surface area (TPSA) is 125 Å². The minimum absolute atomic E-state index is 0.173. The average molecular weight is 298 g/mol. The number of carbonyl (C=O) groups is 1. The van der Waals surface area contributed by atoms with Crippen LogP contribution in [0.2, 0.25) is 0 Å². The van der Waals surface area contributed by atoms with Gasteiger partial charge in [0.1, 0.15) is 23.6 Å². The van der Waals surface area contributed by atoms with E-state index in [1.54, 1.807) is 20.8 Å². The van der Waals surface area contributed by atoms with Crippen LogP contribution in [0.3, 0.4) is 0 Å². The highest BCUT2D eigenvalue weighted by Gasteiger charge is 2.22. The predicted octanol–water partition coefficient (Wildman–Crippen LogP) is 0.893. The molecule has 0 bridgehead atoms. The maximum atomic E-state index is 11.4. The van der Waals surface area contributed by atoms with Gasteiger partial charge < -0.3 is 31.1 Å². The van der Waals surface area contributed by atoms with E-state index in [2.05, 4.69) is 5.32 Å². The number of nitrogen functional groups attached to an aromatic ring is 1. The van der Waals surface area contributed by atoms with Gasteiger partial charge in [0, 0.05) is 6.54 Å². The largest absolute Gasteiger partial charge is 0.506 e. The Balaban J connectivity index is 2.56. The number of anilines is 1. The molecular formula is C14H22N2O5. The van der Waals surface area contributed by atoms with Crippen molar-refractivity contribution in [2.24, 2.45) is 0 Å². The molecule has 0 heterocycles. The van der Waals surface area contributed by atoms with E-state index in [9.17, 15) is 20.1 Å². The average Bonchev–Trinajstić information content (AvgIpc) is 2.36. The lowest BCUT2D eigenvalue weighted by atomic mass is 10.0. The molecule has 1 aromatic rings. The van der Waals surface area contributed by atoms with E-state index >= 15 is 0 Å². The van der Waals surface area contributed by atoms with Crippen molar-refractivity contribution >= 4 is 11.8 Å². The zero-order valence-corrected chi connectivity index (χ0v) is 12.3. The highest BCUT2D eigenvalue weighted by Crippen LogP contribution is 2.26. The van der Waals surface area contributed by atoms with Crippen LogP contribution in [-0.4, -0.2) is 39.7 Å². The normalized spacial score (nSPS) is 14.3. The highest BCUT2D eigenvalue weighted by atomic mass is 16.6. The summed E-state index contributed by atoms with van der Waals surface area (Å²) >= 11 is 0. The van der Waals surface area contributed by atoms with Gasteiger partial charge in [0.15, 0.2) is 0 Å². The molecule has 0 aromatic heterocycles. The minimum Gasteiger partial charge on any atom is -0.506 e. The number of hydrogen-bond acceptors (Lipinski definition) is 6. The van der Waals surface area contributed by atoms with Gasteiger partial charge in [0.25, 0.3) is 0 Å². The molecule has 1 rings (SSSR count). The lowest BCUT2D eigenvalue weighted by Gasteiger charge is -2.22. The van der Waals surface area contributed by atoms with Crippen LogP contribution in [0, 0.1) is 0 Å². The van der Waals surface area contributed by atoms with E-state index < -0.39 is 23.9 Å². The molecule has 0 aliphatic heterocycles. The summed E-state index contributed by atoms with van der Waals surface area (Å²) in [4.78, 5) is 11.4. The molecule has 0 spiro atoms. The molecule has 0 radical (unpaired) electrons. The van der Waals surface area contributed by atoms with Crippen molar-refractivity contribution in [1.82, 2.24) is 5.32 Å². The molecule has 0 saturated carbocycles. The lowest BCUT2D eigenvalue weighted by Crippen LogP contribution is -2.38. The molecule has 1 aromatic carbocycles. The first-order valence-electron chi connectivity index (χ1n) is 6.51. The van der Waals surface area contributed by atoms with Crippen LogP contribution in [0.1, 0.15) is 32.4 Å². The Hall–Kier alpha value is -1.99. The van der Waals surface area contributed by atoms with Crippen molar-refractivity contribution in [3.8, 4) is 5.75 Å². The summed E-state index contributed by atoms with van der Waals surface area (Å²) in [7, 11) is 0. The van der Waals surface area contributed by atoms with E-state index in [1.807, 2.05) is 0 Å². The molecule has 0 saturated heterocycles. The molecule has 7 nitrogen and oxygen atoms in total. The number of hydrogen-bond donors (Lipinski definition) is 5. The van der Waals surface area contributed by atoms with E-state index in [1.165, 1.54) is 18.2 Å². The second-order valence-corrected chi connectivity index (χ2v) is 5.71. The zero-order chi connectivity index (χ0) is 16.2. The fraction of sp³-hybridized carbons (Fsp3) is 0.500. The zero-order valence-electron chi connectivity index (χ0n) is 12.3. The van der Waals surface area contributed by atoms with Crippen molar-refractivity contribution in [3.05, 3.63) is 23.8 Å². The number of rotatable bonds is 4. The summed E-state index contributed by atoms with van der Waals surface area (Å²) in [6.07, 6.45) is -3.21. The number of alkyl carbamates (subject to hydrolysis) is 1. The van der Waals surface area contributed by atoms with Gasteiger partial charge in [-0.2, -0.15) is 0 Å². The van der Waals surface area contributed by atoms with E-state index in [0.717, 1.165) is 0 Å². The third kappa shape index (κ3) is 5.49. The molecule has 0 aliphatic rings. The summed E-state index contributed by atoms with van der Waals surface area (Å²) in [5, 5.41) is 31.6. The molecule has 2 atom stereocenters. The first-order valence-corrected chi connectivity index (χ1v) is 6.51. The molecular weight excluding hydrogens is 276 g/mol. The number of aromatic hydroxyl groups is 1. The molecule has 21 heavy (non-hydrogen) atoms. The van der Waals surface area contributed by atoms with Crippen molar-refractivity contribution in [1.29, 1.82) is 0 Å². The number of aliphatic hydroxyl groups excluding tert-OH is 2. The summed E-state index contributed by atoms with van der Waals surface area (Å²) in [6, 6.07) is 4.16. The number of aliphatic hydroxyl groups is 2. The second-order valence-electron chi connectivity index (χ2n) is 5.71. The Bertz CT molecular complexity index is 499. The number of nitrogens with two attached hydrogens (primary N) is 1. The number of amides is 1. The minimum atomic E-state index is -1.27. The van der Waals surface area contributed by atoms with E-state index in [0.29, 0.717) is 5.56 Å². The third-order valence-electron chi connectivity index (χ3n) is 2.61. The van der Waals surface area contributed by atoms with Gasteiger partial charge in [-0.25, -0.2) is 4.79 Å². The van der Waals surface area contributed by atoms with Gasteiger partial charge in [-0.1, -0.05) is 6.07 Å². The Morgan fingerprint density at radius 3 is 2.52 bits per heavy atom. The molecule has 7 heteroatoms. The quantitative estimate of drug-likeness (QED) is 0.415. The molecule has 1 amide bonds. The standard InChI is InChI=1S/C14H22N2O5/c1-14(2,3)21-13(20)16-7-11(18)12(19)8-4-5-9(15)10(17)6-8/h4-6,11-12,17-19H,7,15H2,1-3H3,(H,16,20). The lowest BCUT2D eigenvalue weighted by molar-refractivity contribution is 0.0128. The predicted molar refractivity (Wildman–Crippen MR) is 77.7 cm³/mol. The Labute approximate surface area is 123 Å². The van der Waals surface area contributed by atoms with Crippen LogP contribution >= 0.6 is 0 Å². The smallest absolute Gasteiger partial charge is 0.407 e. The molecule has 118 valence electrons. The van der Waals surface area contributed by atoms with Crippen LogP contribution in [-0.2, 0) is 4.74 Å². The molecule has 6 N–H and O–H groups in total. The SMILES string of the molecule is CC(C)(C)OC(=O)NCC(O)C(O)c1ccc(N)c(O)c1. The number of carbonyl (C=O) groups excluding carboxylic acids is 1. The van der Waals surface area contributed by atoms with Gasteiger partial charge in [-0.3, -0.25) is 0 Å². The van der Waals surface area contributed by atoms with Gasteiger partial charge in [-0.15, -0.1) is 0 Å². The monoisotopic (exact) mass is 298 g/mol. The van der Waals surface area contributed by atoms with E-state index in [-0.39, 0.29) is 18.0 Å². The van der Waals surface area contributed by atoms with Crippen LogP contribution in [0.4, 0.5) is 10.5 Å². The Kier molecular flexibility index (Phi) is 5.40. The second kappa shape index (κ2) is 6.64. The van der Waals surface area contributed by atoms with Gasteiger partial charge >= 0.3 is 6.09 Å². The number of benzene rings is 1. The van der Waals surface area contributed by atoms with Gasteiger partial charge in [0.05, 0.1) is 5.69 Å². The first-order chi connectivity index (χ1) is 9.60. The molecule has 2 unspecified atom stereocenters. The third-order valence-corrected chi connectivity index (χ3v) is 2.61. The summed E-state index contributed by atoms with van der Waals surface area (Å²) in [5.41, 5.74) is 5.28. The first kappa shape index (κ1) is 17.1. The summed E-state index contributed by atoms with van der Waals surface area (Å²) in [5.74, 6) is -0.182. The van der Waals surface area contributed by atoms with Crippen LogP contribution in [0.5, 0.6) is 5.75 Å².